The van der Waals surface area contributed by atoms with Crippen LogP contribution in [-0.2, 0) is 22.4 Å². The van der Waals surface area contributed by atoms with E-state index < -0.39 is 0 Å². The van der Waals surface area contributed by atoms with E-state index in [2.05, 4.69) is 20.3 Å². The van der Waals surface area contributed by atoms with Crippen molar-refractivity contribution in [2.45, 2.75) is 32.6 Å². The number of nitrogens with one attached hydrogen (secondary N) is 3. The molecule has 0 spiro atoms. The van der Waals surface area contributed by atoms with Crippen molar-refractivity contribution >= 4 is 28.9 Å². The van der Waals surface area contributed by atoms with Gasteiger partial charge in [-0.05, 0) is 49.4 Å². The quantitative estimate of drug-likeness (QED) is 0.312. The second kappa shape index (κ2) is 9.73. The molecule has 30 heavy (non-hydrogen) atoms. The molecule has 9 heteroatoms. The molecule has 158 valence electrons. The maximum Gasteiger partial charge on any atom is 0.305 e. The largest absolute Gasteiger partial charge is 0.466 e. The highest BCUT2D eigenvalue weighted by Crippen LogP contribution is 2.16. The highest BCUT2D eigenvalue weighted by molar-refractivity contribution is 5.94. The minimum absolute atomic E-state index is 0.0793. The van der Waals surface area contributed by atoms with E-state index in [-0.39, 0.29) is 29.8 Å². The van der Waals surface area contributed by atoms with Gasteiger partial charge in [-0.15, -0.1) is 0 Å². The molecule has 0 radical (unpaired) electrons. The summed E-state index contributed by atoms with van der Waals surface area (Å²) in [5.41, 5.74) is 8.24. The molecular formula is C21H25N5O4. The number of aryl methyl sites for hydroxylation is 2. The average molecular weight is 411 g/mol. The second-order valence-electron chi connectivity index (χ2n) is 6.85. The lowest BCUT2D eigenvalue weighted by atomic mass is 10.0. The molecule has 5 N–H and O–H groups in total. The number of nitrogens with two attached hydrogens (primary N) is 1. The first-order valence-corrected chi connectivity index (χ1v) is 9.86. The molecule has 0 fully saturated rings. The summed E-state index contributed by atoms with van der Waals surface area (Å²) in [4.78, 5) is 45.2. The lowest BCUT2D eigenvalue weighted by Gasteiger charge is -2.06. The summed E-state index contributed by atoms with van der Waals surface area (Å²) in [7, 11) is 0. The predicted molar refractivity (Wildman–Crippen MR) is 113 cm³/mol. The number of hydrogen-bond acceptors (Lipinski definition) is 6. The molecule has 0 atom stereocenters. The van der Waals surface area contributed by atoms with Crippen molar-refractivity contribution in [3.63, 3.8) is 0 Å². The summed E-state index contributed by atoms with van der Waals surface area (Å²) in [5, 5.41) is 3.31. The van der Waals surface area contributed by atoms with Crippen molar-refractivity contribution in [1.29, 1.82) is 0 Å². The van der Waals surface area contributed by atoms with Crippen LogP contribution in [0.2, 0.25) is 0 Å². The van der Waals surface area contributed by atoms with Crippen LogP contribution in [0.4, 0.5) is 5.95 Å². The first-order valence-electron chi connectivity index (χ1n) is 9.86. The van der Waals surface area contributed by atoms with Crippen LogP contribution in [0, 0.1) is 0 Å². The van der Waals surface area contributed by atoms with Gasteiger partial charge in [-0.2, -0.15) is 4.98 Å². The SMILES string of the molecule is CCOC(=O)CCCNC(=O)c1ccc(CCc2c[nH]c3nc(N)[nH]c(=O)c23)cc1. The molecule has 0 saturated heterocycles. The number of nitrogen functional groups attached to an aromatic ring is 1. The smallest absolute Gasteiger partial charge is 0.305 e. The maximum absolute atomic E-state index is 12.2. The van der Waals surface area contributed by atoms with Crippen LogP contribution < -0.4 is 16.6 Å². The number of H-pyrrole nitrogens is 2. The van der Waals surface area contributed by atoms with Crippen molar-refractivity contribution in [1.82, 2.24) is 20.3 Å². The van der Waals surface area contributed by atoms with Crippen molar-refractivity contribution in [3.8, 4) is 0 Å². The molecular weight excluding hydrogens is 386 g/mol. The Bertz CT molecular complexity index is 1080. The summed E-state index contributed by atoms with van der Waals surface area (Å²) < 4.78 is 4.85. The molecule has 9 nitrogen and oxygen atoms in total. The summed E-state index contributed by atoms with van der Waals surface area (Å²) in [6.45, 7) is 2.53. The van der Waals surface area contributed by atoms with Gasteiger partial charge in [-0.25, -0.2) is 0 Å². The molecule has 0 aliphatic carbocycles. The Morgan fingerprint density at radius 3 is 2.70 bits per heavy atom. The van der Waals surface area contributed by atoms with Gasteiger partial charge >= 0.3 is 5.97 Å². The Morgan fingerprint density at radius 2 is 1.97 bits per heavy atom. The third-order valence-electron chi connectivity index (χ3n) is 4.69. The number of esters is 1. The minimum Gasteiger partial charge on any atom is -0.466 e. The topological polar surface area (TPSA) is 143 Å². The molecule has 3 aromatic rings. The number of rotatable bonds is 9. The van der Waals surface area contributed by atoms with Gasteiger partial charge in [0.05, 0.1) is 12.0 Å². The van der Waals surface area contributed by atoms with Gasteiger partial charge < -0.3 is 20.8 Å². The van der Waals surface area contributed by atoms with Crippen molar-refractivity contribution in [2.75, 3.05) is 18.9 Å². The molecule has 1 aromatic carbocycles. The van der Waals surface area contributed by atoms with E-state index in [4.69, 9.17) is 10.5 Å². The summed E-state index contributed by atoms with van der Waals surface area (Å²) >= 11 is 0. The van der Waals surface area contributed by atoms with Gasteiger partial charge in [0.2, 0.25) is 5.95 Å². The monoisotopic (exact) mass is 411 g/mol. The number of benzene rings is 1. The molecule has 2 heterocycles. The molecule has 0 bridgehead atoms. The van der Waals surface area contributed by atoms with Gasteiger partial charge in [-0.3, -0.25) is 19.4 Å². The van der Waals surface area contributed by atoms with Crippen molar-refractivity contribution in [2.24, 2.45) is 0 Å². The lowest BCUT2D eigenvalue weighted by Crippen LogP contribution is -2.25. The molecule has 1 amide bonds. The van der Waals surface area contributed by atoms with E-state index in [1.165, 1.54) is 0 Å². The predicted octanol–water partition coefficient (Wildman–Crippen LogP) is 1.69. The van der Waals surface area contributed by atoms with Crippen LogP contribution in [0.1, 0.15) is 41.3 Å². The lowest BCUT2D eigenvalue weighted by molar-refractivity contribution is -0.143. The fourth-order valence-electron chi connectivity index (χ4n) is 3.19. The van der Waals surface area contributed by atoms with Crippen LogP contribution in [-0.4, -0.2) is 40.0 Å². The average Bonchev–Trinajstić information content (AvgIpc) is 3.13. The number of nitrogens with zero attached hydrogens (tertiary/aromatic N) is 1. The van der Waals surface area contributed by atoms with Crippen molar-refractivity contribution < 1.29 is 14.3 Å². The standard InChI is InChI=1S/C21H25N5O4/c1-2-30-16(27)4-3-11-23-19(28)14-8-5-13(6-9-14)7-10-15-12-24-18-17(15)20(29)26-21(22)25-18/h5-6,8-9,12H,2-4,7,10-11H2,1H3,(H,23,28)(H4,22,24,25,26,29). The van der Waals surface area contributed by atoms with Gasteiger partial charge in [0, 0.05) is 24.7 Å². The number of carbonyl (C=O) groups is 2. The van der Waals surface area contributed by atoms with E-state index in [0.29, 0.717) is 49.0 Å². The van der Waals surface area contributed by atoms with Crippen LogP contribution in [0.15, 0.2) is 35.3 Å². The third-order valence-corrected chi connectivity index (χ3v) is 4.69. The molecule has 0 unspecified atom stereocenters. The number of fused-ring (bicyclic) bond motifs is 1. The van der Waals surface area contributed by atoms with E-state index in [0.717, 1.165) is 11.1 Å². The van der Waals surface area contributed by atoms with Crippen LogP contribution >= 0.6 is 0 Å². The normalized spacial score (nSPS) is 10.8. The number of hydrogen-bond donors (Lipinski definition) is 4. The fourth-order valence-corrected chi connectivity index (χ4v) is 3.19. The highest BCUT2D eigenvalue weighted by Gasteiger charge is 2.11. The highest BCUT2D eigenvalue weighted by atomic mass is 16.5. The summed E-state index contributed by atoms with van der Waals surface area (Å²) in [5.74, 6) is -0.361. The number of carbonyl (C=O) groups excluding carboxylic acids is 2. The zero-order valence-corrected chi connectivity index (χ0v) is 16.8. The van der Waals surface area contributed by atoms with Gasteiger partial charge in [0.25, 0.3) is 11.5 Å². The van der Waals surface area contributed by atoms with Crippen LogP contribution in [0.25, 0.3) is 11.0 Å². The van der Waals surface area contributed by atoms with E-state index in [1.54, 1.807) is 25.3 Å². The van der Waals surface area contributed by atoms with Crippen LogP contribution in [0.3, 0.4) is 0 Å². The van der Waals surface area contributed by atoms with Gasteiger partial charge in [-0.1, -0.05) is 12.1 Å². The Kier molecular flexibility index (Phi) is 6.84. The summed E-state index contributed by atoms with van der Waals surface area (Å²) in [6.07, 6.45) is 3.94. The third kappa shape index (κ3) is 5.25. The molecule has 2 aromatic heterocycles. The second-order valence-corrected chi connectivity index (χ2v) is 6.85. The van der Waals surface area contributed by atoms with E-state index in [1.807, 2.05) is 12.1 Å². The number of ether oxygens (including phenoxy) is 1. The number of aromatic amines is 2. The first-order chi connectivity index (χ1) is 14.5. The van der Waals surface area contributed by atoms with E-state index >= 15 is 0 Å². The minimum atomic E-state index is -0.260. The molecule has 0 aliphatic heterocycles. The summed E-state index contributed by atoms with van der Waals surface area (Å²) in [6, 6.07) is 7.31. The van der Waals surface area contributed by atoms with Gasteiger partial charge in [0.1, 0.15) is 5.65 Å². The first kappa shape index (κ1) is 21.1. The fraction of sp³-hybridized carbons (Fsp3) is 0.333. The Balaban J connectivity index is 1.52. The molecule has 0 aliphatic rings. The Hall–Kier alpha value is -3.62. The van der Waals surface area contributed by atoms with E-state index in [9.17, 15) is 14.4 Å². The molecule has 3 rings (SSSR count). The number of anilines is 1. The number of amides is 1. The number of aromatic nitrogens is 3. The van der Waals surface area contributed by atoms with Crippen molar-refractivity contribution in [3.05, 3.63) is 57.5 Å². The zero-order chi connectivity index (χ0) is 21.5. The van der Waals surface area contributed by atoms with Crippen LogP contribution in [0.5, 0.6) is 0 Å². The zero-order valence-electron chi connectivity index (χ0n) is 16.8. The van der Waals surface area contributed by atoms with Gasteiger partial charge in [0.15, 0.2) is 0 Å². The maximum atomic E-state index is 12.2. The Labute approximate surface area is 173 Å². The molecule has 0 saturated carbocycles. The Morgan fingerprint density at radius 1 is 1.20 bits per heavy atom.